The van der Waals surface area contributed by atoms with Crippen molar-refractivity contribution in [3.8, 4) is 0 Å². The molecule has 0 atom stereocenters. The predicted octanol–water partition coefficient (Wildman–Crippen LogP) is 3.52. The van der Waals surface area contributed by atoms with Crippen molar-refractivity contribution in [1.29, 1.82) is 0 Å². The van der Waals surface area contributed by atoms with Crippen LogP contribution in [0.1, 0.15) is 5.56 Å². The highest BCUT2D eigenvalue weighted by molar-refractivity contribution is 7.86. The monoisotopic (exact) mass is 278 g/mol. The van der Waals surface area contributed by atoms with E-state index >= 15 is 0 Å². The summed E-state index contributed by atoms with van der Waals surface area (Å²) in [6, 6.07) is 6.44. The average molecular weight is 278 g/mol. The summed E-state index contributed by atoms with van der Waals surface area (Å²) in [5.74, 6) is 0. The van der Waals surface area contributed by atoms with Gasteiger partial charge in [0.15, 0.2) is 0 Å². The van der Waals surface area contributed by atoms with Gasteiger partial charge in [0.25, 0.3) is 0 Å². The Morgan fingerprint density at radius 2 is 1.50 bits per heavy atom. The molecule has 2 aromatic carbocycles. The molecule has 0 saturated heterocycles. The molecular formula is C11H6F4O2S. The van der Waals surface area contributed by atoms with E-state index in [1.165, 1.54) is 18.2 Å². The van der Waals surface area contributed by atoms with Gasteiger partial charge in [-0.1, -0.05) is 24.3 Å². The largest absolute Gasteiger partial charge is 0.417 e. The zero-order valence-corrected chi connectivity index (χ0v) is 9.52. The molecule has 0 aliphatic heterocycles. The van der Waals surface area contributed by atoms with E-state index in [4.69, 9.17) is 0 Å². The zero-order valence-electron chi connectivity index (χ0n) is 8.70. The maximum atomic E-state index is 13.0. The number of hydrogen-bond donors (Lipinski definition) is 0. The van der Waals surface area contributed by atoms with Crippen LogP contribution in [0.2, 0.25) is 0 Å². The van der Waals surface area contributed by atoms with Gasteiger partial charge in [-0.05, 0) is 17.5 Å². The Bertz CT molecular complexity index is 699. The highest BCUT2D eigenvalue weighted by atomic mass is 32.3. The lowest BCUT2D eigenvalue weighted by Crippen LogP contribution is -2.07. The molecule has 2 aromatic rings. The minimum absolute atomic E-state index is 0.0172. The van der Waals surface area contributed by atoms with E-state index in [1.807, 2.05) is 0 Å². The molecule has 0 aliphatic carbocycles. The third-order valence-electron chi connectivity index (χ3n) is 2.43. The standard InChI is InChI=1S/C11H6F4O2S/c12-11(13,14)8-5-1-3-7-4-2-6-9(10(7)8)18(15,16)17/h1-6H. The molecule has 96 valence electrons. The molecule has 7 heteroatoms. The van der Waals surface area contributed by atoms with Gasteiger partial charge in [0.05, 0.1) is 5.56 Å². The third-order valence-corrected chi connectivity index (χ3v) is 3.30. The lowest BCUT2D eigenvalue weighted by atomic mass is 10.0. The molecule has 0 aromatic heterocycles. The van der Waals surface area contributed by atoms with Crippen LogP contribution in [0.3, 0.4) is 0 Å². The summed E-state index contributed by atoms with van der Waals surface area (Å²) in [6.07, 6.45) is -4.75. The summed E-state index contributed by atoms with van der Waals surface area (Å²) >= 11 is 0. The van der Waals surface area contributed by atoms with Crippen molar-refractivity contribution in [2.75, 3.05) is 0 Å². The van der Waals surface area contributed by atoms with Crippen molar-refractivity contribution in [2.24, 2.45) is 0 Å². The van der Waals surface area contributed by atoms with Crippen molar-refractivity contribution in [2.45, 2.75) is 11.1 Å². The Kier molecular flexibility index (Phi) is 2.81. The summed E-state index contributed by atoms with van der Waals surface area (Å²) in [5.41, 5.74) is -1.17. The van der Waals surface area contributed by atoms with Gasteiger partial charge >= 0.3 is 16.4 Å². The normalized spacial score (nSPS) is 12.9. The molecule has 0 amide bonds. The average Bonchev–Trinajstić information content (AvgIpc) is 2.24. The van der Waals surface area contributed by atoms with Crippen molar-refractivity contribution in [3.05, 3.63) is 42.0 Å². The smallest absolute Gasteiger partial charge is 0.189 e. The van der Waals surface area contributed by atoms with Gasteiger partial charge in [0.1, 0.15) is 4.90 Å². The molecular weight excluding hydrogens is 272 g/mol. The fourth-order valence-electron chi connectivity index (χ4n) is 1.75. The molecule has 0 aliphatic rings. The minimum atomic E-state index is -5.21. The van der Waals surface area contributed by atoms with Crippen molar-refractivity contribution >= 4 is 21.0 Å². The highest BCUT2D eigenvalue weighted by Gasteiger charge is 2.34. The number of hydrogen-bond acceptors (Lipinski definition) is 2. The second-order valence-corrected chi connectivity index (χ2v) is 4.91. The quantitative estimate of drug-likeness (QED) is 0.591. The number of alkyl halides is 3. The Labute approximate surface area is 100 Å². The molecule has 0 bridgehead atoms. The summed E-state index contributed by atoms with van der Waals surface area (Å²) in [6.45, 7) is 0. The Morgan fingerprint density at radius 1 is 0.944 bits per heavy atom. The molecule has 18 heavy (non-hydrogen) atoms. The molecule has 0 radical (unpaired) electrons. The third kappa shape index (κ3) is 2.17. The Hall–Kier alpha value is -1.63. The topological polar surface area (TPSA) is 34.1 Å². The maximum Gasteiger partial charge on any atom is 0.417 e. The Morgan fingerprint density at radius 3 is 2.00 bits per heavy atom. The molecule has 0 unspecified atom stereocenters. The van der Waals surface area contributed by atoms with Crippen LogP contribution in [0.5, 0.6) is 0 Å². The summed E-state index contributed by atoms with van der Waals surface area (Å²) in [7, 11) is -5.21. The van der Waals surface area contributed by atoms with Crippen molar-refractivity contribution in [1.82, 2.24) is 0 Å². The second-order valence-electron chi connectivity index (χ2n) is 3.60. The van der Waals surface area contributed by atoms with Gasteiger partial charge in [-0.25, -0.2) is 0 Å². The van der Waals surface area contributed by atoms with Crippen LogP contribution in [-0.4, -0.2) is 8.42 Å². The van der Waals surface area contributed by atoms with E-state index in [1.54, 1.807) is 0 Å². The van der Waals surface area contributed by atoms with E-state index in [0.717, 1.165) is 18.2 Å². The van der Waals surface area contributed by atoms with Crippen LogP contribution in [0.15, 0.2) is 41.3 Å². The lowest BCUT2D eigenvalue weighted by molar-refractivity contribution is -0.136. The first kappa shape index (κ1) is 12.8. The van der Waals surface area contributed by atoms with Gasteiger partial charge in [-0.15, -0.1) is 3.89 Å². The van der Waals surface area contributed by atoms with Crippen LogP contribution < -0.4 is 0 Å². The predicted molar refractivity (Wildman–Crippen MR) is 57.2 cm³/mol. The maximum absolute atomic E-state index is 13.0. The van der Waals surface area contributed by atoms with E-state index in [2.05, 4.69) is 0 Å². The summed E-state index contributed by atoms with van der Waals surface area (Å²) < 4.78 is 73.1. The van der Waals surface area contributed by atoms with E-state index in [-0.39, 0.29) is 5.39 Å². The first-order valence-electron chi connectivity index (χ1n) is 4.75. The summed E-state index contributed by atoms with van der Waals surface area (Å²) in [4.78, 5) is -0.965. The van der Waals surface area contributed by atoms with Gasteiger partial charge in [0.2, 0.25) is 0 Å². The molecule has 0 fully saturated rings. The van der Waals surface area contributed by atoms with Gasteiger partial charge < -0.3 is 0 Å². The van der Waals surface area contributed by atoms with E-state index in [9.17, 15) is 25.5 Å². The molecule has 0 saturated carbocycles. The number of halogens is 4. The lowest BCUT2D eigenvalue weighted by Gasteiger charge is -2.12. The van der Waals surface area contributed by atoms with Crippen LogP contribution >= 0.6 is 0 Å². The first-order valence-corrected chi connectivity index (χ1v) is 6.13. The molecule has 0 N–H and O–H groups in total. The van der Waals surface area contributed by atoms with Crippen molar-refractivity contribution < 1.29 is 25.5 Å². The van der Waals surface area contributed by atoms with Crippen LogP contribution in [0.4, 0.5) is 17.1 Å². The van der Waals surface area contributed by atoms with Gasteiger partial charge in [-0.3, -0.25) is 0 Å². The minimum Gasteiger partial charge on any atom is -0.189 e. The molecule has 2 rings (SSSR count). The molecule has 0 spiro atoms. The first-order chi connectivity index (χ1) is 8.21. The second kappa shape index (κ2) is 3.94. The van der Waals surface area contributed by atoms with Crippen LogP contribution in [-0.2, 0) is 16.4 Å². The highest BCUT2D eigenvalue weighted by Crippen LogP contribution is 2.37. The Balaban J connectivity index is 2.99. The number of rotatable bonds is 1. The van der Waals surface area contributed by atoms with Crippen LogP contribution in [0, 0.1) is 0 Å². The van der Waals surface area contributed by atoms with E-state index in [0.29, 0.717) is 0 Å². The zero-order chi connectivity index (χ0) is 13.6. The van der Waals surface area contributed by atoms with Crippen molar-refractivity contribution in [3.63, 3.8) is 0 Å². The fourth-order valence-corrected chi connectivity index (χ4v) is 2.46. The number of fused-ring (bicyclic) bond motifs is 1. The SMILES string of the molecule is O=S(=O)(F)c1cccc2cccc(C(F)(F)F)c12. The van der Waals surface area contributed by atoms with E-state index < -0.39 is 32.2 Å². The summed E-state index contributed by atoms with van der Waals surface area (Å²) in [5, 5.41) is -0.626. The molecule has 2 nitrogen and oxygen atoms in total. The molecule has 0 heterocycles. The van der Waals surface area contributed by atoms with Crippen LogP contribution in [0.25, 0.3) is 10.8 Å². The fraction of sp³-hybridized carbons (Fsp3) is 0.0909. The number of benzene rings is 2. The van der Waals surface area contributed by atoms with Gasteiger partial charge in [-0.2, -0.15) is 21.6 Å². The van der Waals surface area contributed by atoms with Gasteiger partial charge in [0, 0.05) is 5.39 Å².